The van der Waals surface area contributed by atoms with Crippen LogP contribution in [0.4, 0.5) is 0 Å². The number of nitrogens with zero attached hydrogens (tertiary/aromatic N) is 1. The van der Waals surface area contributed by atoms with Gasteiger partial charge in [-0.15, -0.1) is 11.3 Å². The number of ether oxygens (including phenoxy) is 2. The normalized spacial score (nSPS) is 20.0. The van der Waals surface area contributed by atoms with Crippen molar-refractivity contribution in [3.8, 4) is 11.5 Å². The van der Waals surface area contributed by atoms with E-state index in [0.29, 0.717) is 19.1 Å². The minimum absolute atomic E-state index is 0.0148. The summed E-state index contributed by atoms with van der Waals surface area (Å²) in [5, 5.41) is 0.822. The highest BCUT2D eigenvalue weighted by Gasteiger charge is 2.25. The molecule has 1 aliphatic heterocycles. The molecule has 2 N–H and O–H groups in total. The smallest absolute Gasteiger partial charge is 0.260 e. The van der Waals surface area contributed by atoms with E-state index in [1.807, 2.05) is 6.07 Å². The van der Waals surface area contributed by atoms with Crippen molar-refractivity contribution in [2.45, 2.75) is 45.7 Å². The van der Waals surface area contributed by atoms with E-state index in [0.717, 1.165) is 53.3 Å². The minimum atomic E-state index is 0.0148. The molecule has 0 fully saturated rings. The molecule has 30 heavy (non-hydrogen) atoms. The summed E-state index contributed by atoms with van der Waals surface area (Å²) in [4.78, 5) is 24.4. The first kappa shape index (κ1) is 19.6. The van der Waals surface area contributed by atoms with Crippen molar-refractivity contribution in [2.75, 3.05) is 20.3 Å². The lowest BCUT2D eigenvalue weighted by Crippen LogP contribution is -3.07. The van der Waals surface area contributed by atoms with E-state index in [1.54, 1.807) is 11.3 Å². The number of hydrogen-bond donors (Lipinski definition) is 2. The maximum absolute atomic E-state index is 12.9. The molecule has 6 nitrogen and oxygen atoms in total. The van der Waals surface area contributed by atoms with Gasteiger partial charge >= 0.3 is 0 Å². The fourth-order valence-electron chi connectivity index (χ4n) is 4.48. The van der Waals surface area contributed by atoms with Crippen LogP contribution >= 0.6 is 11.3 Å². The van der Waals surface area contributed by atoms with Crippen molar-refractivity contribution in [1.29, 1.82) is 0 Å². The van der Waals surface area contributed by atoms with E-state index < -0.39 is 0 Å². The summed E-state index contributed by atoms with van der Waals surface area (Å²) in [6.07, 6.45) is 3.21. The van der Waals surface area contributed by atoms with E-state index in [4.69, 9.17) is 14.5 Å². The first-order valence-corrected chi connectivity index (χ1v) is 11.6. The van der Waals surface area contributed by atoms with Gasteiger partial charge in [-0.1, -0.05) is 6.92 Å². The van der Waals surface area contributed by atoms with Crippen LogP contribution in [0.15, 0.2) is 23.0 Å². The summed E-state index contributed by atoms with van der Waals surface area (Å²) < 4.78 is 11.3. The van der Waals surface area contributed by atoms with Gasteiger partial charge in [-0.2, -0.15) is 0 Å². The fraction of sp³-hybridized carbons (Fsp3) is 0.478. The molecule has 0 saturated carbocycles. The number of benzene rings is 1. The SMILES string of the molecule is C[C@H]1CCc2c(sc3nc([C@@H](C)[NH+](C)Cc4ccc5c(c4)OCCO5)[nH]c(=O)c23)C1. The molecule has 1 aliphatic carbocycles. The zero-order valence-corrected chi connectivity index (χ0v) is 18.5. The molecule has 0 radical (unpaired) electrons. The van der Waals surface area contributed by atoms with Crippen molar-refractivity contribution in [1.82, 2.24) is 9.97 Å². The number of thiophene rings is 1. The molecule has 3 aromatic rings. The number of fused-ring (bicyclic) bond motifs is 4. The number of aromatic amines is 1. The maximum Gasteiger partial charge on any atom is 0.260 e. The highest BCUT2D eigenvalue weighted by molar-refractivity contribution is 7.18. The molecule has 0 amide bonds. The summed E-state index contributed by atoms with van der Waals surface area (Å²) in [6, 6.07) is 6.18. The Labute approximate surface area is 179 Å². The van der Waals surface area contributed by atoms with Crippen LogP contribution in [-0.2, 0) is 19.4 Å². The van der Waals surface area contributed by atoms with Gasteiger partial charge < -0.3 is 19.4 Å². The summed E-state index contributed by atoms with van der Waals surface area (Å²) in [5.74, 6) is 3.06. The highest BCUT2D eigenvalue weighted by atomic mass is 32.1. The van der Waals surface area contributed by atoms with Gasteiger partial charge in [-0.3, -0.25) is 4.79 Å². The number of hydrogen-bond acceptors (Lipinski definition) is 5. The predicted molar refractivity (Wildman–Crippen MR) is 118 cm³/mol. The number of quaternary nitrogens is 1. The second-order valence-electron chi connectivity index (χ2n) is 8.71. The van der Waals surface area contributed by atoms with Gasteiger partial charge in [0, 0.05) is 10.4 Å². The molecule has 1 unspecified atom stereocenters. The van der Waals surface area contributed by atoms with Crippen LogP contribution in [0.3, 0.4) is 0 Å². The molecule has 0 spiro atoms. The van der Waals surface area contributed by atoms with Crippen molar-refractivity contribution >= 4 is 21.6 Å². The Balaban J connectivity index is 1.40. The second-order valence-corrected chi connectivity index (χ2v) is 9.79. The average molecular weight is 427 g/mol. The zero-order chi connectivity index (χ0) is 20.8. The Morgan fingerprint density at radius 3 is 2.93 bits per heavy atom. The van der Waals surface area contributed by atoms with Gasteiger partial charge in [0.1, 0.15) is 30.6 Å². The maximum atomic E-state index is 12.9. The lowest BCUT2D eigenvalue weighted by atomic mass is 9.89. The average Bonchev–Trinajstić information content (AvgIpc) is 3.10. The summed E-state index contributed by atoms with van der Waals surface area (Å²) in [5.41, 5.74) is 2.42. The van der Waals surface area contributed by atoms with Crippen LogP contribution in [0.5, 0.6) is 11.5 Å². The summed E-state index contributed by atoms with van der Waals surface area (Å²) in [7, 11) is 2.13. The van der Waals surface area contributed by atoms with Crippen molar-refractivity contribution < 1.29 is 14.4 Å². The van der Waals surface area contributed by atoms with Gasteiger partial charge in [-0.25, -0.2) is 4.98 Å². The minimum Gasteiger partial charge on any atom is -0.486 e. The predicted octanol–water partition coefficient (Wildman–Crippen LogP) is 2.66. The largest absolute Gasteiger partial charge is 0.486 e. The number of aromatic nitrogens is 2. The van der Waals surface area contributed by atoms with Crippen LogP contribution < -0.4 is 19.9 Å². The van der Waals surface area contributed by atoms with E-state index >= 15 is 0 Å². The molecule has 2 aromatic heterocycles. The third-order valence-corrected chi connectivity index (χ3v) is 7.57. The first-order chi connectivity index (χ1) is 14.5. The molecule has 0 bridgehead atoms. The first-order valence-electron chi connectivity index (χ1n) is 10.7. The van der Waals surface area contributed by atoms with Crippen LogP contribution in [0.25, 0.3) is 10.2 Å². The second kappa shape index (κ2) is 7.71. The molecule has 3 heterocycles. The Morgan fingerprint density at radius 2 is 2.10 bits per heavy atom. The Kier molecular flexibility index (Phi) is 5.03. The van der Waals surface area contributed by atoms with Gasteiger partial charge in [0.2, 0.25) is 0 Å². The Bertz CT molecular complexity index is 1150. The summed E-state index contributed by atoms with van der Waals surface area (Å²) >= 11 is 1.71. The molecule has 0 saturated heterocycles. The van der Waals surface area contributed by atoms with E-state index in [1.165, 1.54) is 20.9 Å². The number of rotatable bonds is 4. The van der Waals surface area contributed by atoms with E-state index in [-0.39, 0.29) is 11.6 Å². The standard InChI is InChI=1S/C23H27N3O3S/c1-13-4-6-16-19(10-13)30-23-20(16)22(27)24-21(25-23)14(2)26(3)12-15-5-7-17-18(11-15)29-9-8-28-17/h5,7,11,13-14H,4,6,8-10,12H2,1-3H3,(H,24,25,27)/p+1/t13-,14+/m0/s1. The van der Waals surface area contributed by atoms with E-state index in [9.17, 15) is 4.79 Å². The number of nitrogens with one attached hydrogen (secondary N) is 2. The topological polar surface area (TPSA) is 68.7 Å². The zero-order valence-electron chi connectivity index (χ0n) is 17.7. The molecule has 5 rings (SSSR count). The fourth-order valence-corrected chi connectivity index (χ4v) is 5.87. The van der Waals surface area contributed by atoms with Crippen LogP contribution in [0.2, 0.25) is 0 Å². The third kappa shape index (κ3) is 3.50. The van der Waals surface area contributed by atoms with Crippen LogP contribution in [-0.4, -0.2) is 30.2 Å². The monoisotopic (exact) mass is 426 g/mol. The van der Waals surface area contributed by atoms with Crippen LogP contribution in [0.1, 0.15) is 48.1 Å². The molecule has 1 aromatic carbocycles. The molecule has 3 atom stereocenters. The Hall–Kier alpha value is -2.38. The molecular formula is C23H28N3O3S+. The Morgan fingerprint density at radius 1 is 1.30 bits per heavy atom. The van der Waals surface area contributed by atoms with Crippen molar-refractivity contribution in [2.24, 2.45) is 5.92 Å². The van der Waals surface area contributed by atoms with Gasteiger partial charge in [-0.05, 0) is 55.9 Å². The number of H-pyrrole nitrogens is 1. The third-order valence-electron chi connectivity index (χ3n) is 6.42. The van der Waals surface area contributed by atoms with Gasteiger partial charge in [0.15, 0.2) is 17.3 Å². The molecule has 158 valence electrons. The molecular weight excluding hydrogens is 398 g/mol. The van der Waals surface area contributed by atoms with Crippen molar-refractivity contribution in [3.63, 3.8) is 0 Å². The molecule has 7 heteroatoms. The van der Waals surface area contributed by atoms with Gasteiger partial charge in [0.05, 0.1) is 12.4 Å². The molecule has 2 aliphatic rings. The summed E-state index contributed by atoms with van der Waals surface area (Å²) in [6.45, 7) is 6.39. The van der Waals surface area contributed by atoms with E-state index in [2.05, 4.69) is 38.0 Å². The van der Waals surface area contributed by atoms with Crippen molar-refractivity contribution in [3.05, 3.63) is 50.4 Å². The lowest BCUT2D eigenvalue weighted by molar-refractivity contribution is -0.924. The highest BCUT2D eigenvalue weighted by Crippen LogP contribution is 2.36. The number of aryl methyl sites for hydroxylation is 1. The van der Waals surface area contributed by atoms with Gasteiger partial charge in [0.25, 0.3) is 5.56 Å². The quantitative estimate of drug-likeness (QED) is 0.673. The van der Waals surface area contributed by atoms with Crippen LogP contribution in [0, 0.1) is 5.92 Å². The lowest BCUT2D eigenvalue weighted by Gasteiger charge is -2.23.